The molecule has 0 radical (unpaired) electrons. The number of hydrogen-bond donors (Lipinski definition) is 1. The molecule has 1 aliphatic rings. The second kappa shape index (κ2) is 3.57. The SMILES string of the molecule is O=Nc1cc(C(=O)N2CCCC2)[nH]n1. The molecule has 0 atom stereocenters. The van der Waals surface area contributed by atoms with Gasteiger partial charge in [-0.15, -0.1) is 4.91 Å². The molecule has 0 saturated carbocycles. The highest BCUT2D eigenvalue weighted by molar-refractivity contribution is 5.93. The van der Waals surface area contributed by atoms with Crippen LogP contribution in [0.1, 0.15) is 23.3 Å². The first kappa shape index (κ1) is 8.86. The van der Waals surface area contributed by atoms with E-state index in [1.165, 1.54) is 6.07 Å². The molecule has 0 bridgehead atoms. The third-order valence-corrected chi connectivity index (χ3v) is 2.28. The molecule has 0 spiro atoms. The van der Waals surface area contributed by atoms with Gasteiger partial charge in [-0.2, -0.15) is 5.10 Å². The maximum atomic E-state index is 11.7. The Labute approximate surface area is 80.3 Å². The number of nitrogens with one attached hydrogen (secondary N) is 1. The maximum absolute atomic E-state index is 11.7. The van der Waals surface area contributed by atoms with Crippen molar-refractivity contribution in [3.8, 4) is 0 Å². The second-order valence-corrected chi connectivity index (χ2v) is 3.23. The fourth-order valence-electron chi connectivity index (χ4n) is 1.56. The van der Waals surface area contributed by atoms with Gasteiger partial charge in [0, 0.05) is 19.2 Å². The van der Waals surface area contributed by atoms with Crippen LogP contribution in [0.2, 0.25) is 0 Å². The van der Waals surface area contributed by atoms with Crippen LogP contribution in [0.25, 0.3) is 0 Å². The lowest BCUT2D eigenvalue weighted by Crippen LogP contribution is -2.27. The molecule has 6 heteroatoms. The summed E-state index contributed by atoms with van der Waals surface area (Å²) in [4.78, 5) is 23.5. The minimum Gasteiger partial charge on any atom is -0.337 e. The smallest absolute Gasteiger partial charge is 0.271 e. The average Bonchev–Trinajstić information content (AvgIpc) is 2.88. The summed E-state index contributed by atoms with van der Waals surface area (Å²) in [6.07, 6.45) is 2.08. The molecule has 0 unspecified atom stereocenters. The molecule has 1 aromatic rings. The zero-order chi connectivity index (χ0) is 9.97. The topological polar surface area (TPSA) is 78.4 Å². The molecule has 1 aromatic heterocycles. The fourth-order valence-corrected chi connectivity index (χ4v) is 1.56. The van der Waals surface area contributed by atoms with Gasteiger partial charge >= 0.3 is 0 Å². The number of likely N-dealkylation sites (tertiary alicyclic amines) is 1. The molecule has 0 aliphatic carbocycles. The number of nitroso groups, excluding NO2 is 1. The molecular formula is C8H10N4O2. The third-order valence-electron chi connectivity index (χ3n) is 2.28. The Bertz CT molecular complexity index is 354. The Morgan fingerprint density at radius 1 is 1.50 bits per heavy atom. The molecule has 1 fully saturated rings. The molecule has 1 saturated heterocycles. The van der Waals surface area contributed by atoms with Gasteiger partial charge in [0.25, 0.3) is 5.91 Å². The second-order valence-electron chi connectivity index (χ2n) is 3.23. The van der Waals surface area contributed by atoms with E-state index in [4.69, 9.17) is 0 Å². The number of amides is 1. The number of aromatic amines is 1. The van der Waals surface area contributed by atoms with E-state index in [1.54, 1.807) is 4.90 Å². The number of rotatable bonds is 2. The van der Waals surface area contributed by atoms with E-state index < -0.39 is 0 Å². The normalized spacial score (nSPS) is 15.9. The standard InChI is InChI=1S/C8H10N4O2/c13-8(12-3-1-2-4-12)6-5-7(11-14)10-9-6/h5H,1-4H2,(H,9,10). The van der Waals surface area contributed by atoms with Crippen molar-refractivity contribution in [2.24, 2.45) is 5.18 Å². The first-order chi connectivity index (χ1) is 6.81. The maximum Gasteiger partial charge on any atom is 0.271 e. The van der Waals surface area contributed by atoms with Crippen molar-refractivity contribution in [1.29, 1.82) is 0 Å². The lowest BCUT2D eigenvalue weighted by molar-refractivity contribution is 0.0787. The highest BCUT2D eigenvalue weighted by Crippen LogP contribution is 2.14. The Hall–Kier alpha value is -1.72. The summed E-state index contributed by atoms with van der Waals surface area (Å²) in [6.45, 7) is 1.56. The Balaban J connectivity index is 2.13. The van der Waals surface area contributed by atoms with Crippen LogP contribution in [0.3, 0.4) is 0 Å². The van der Waals surface area contributed by atoms with E-state index >= 15 is 0 Å². The Kier molecular flexibility index (Phi) is 2.26. The molecular weight excluding hydrogens is 184 g/mol. The number of H-pyrrole nitrogens is 1. The predicted octanol–water partition coefficient (Wildman–Crippen LogP) is 1.04. The predicted molar refractivity (Wildman–Crippen MR) is 49.2 cm³/mol. The minimum atomic E-state index is -0.107. The highest BCUT2D eigenvalue weighted by atomic mass is 16.3. The van der Waals surface area contributed by atoms with Crippen molar-refractivity contribution < 1.29 is 4.79 Å². The van der Waals surface area contributed by atoms with Gasteiger partial charge in [-0.05, 0) is 18.0 Å². The molecule has 1 aliphatic heterocycles. The van der Waals surface area contributed by atoms with Crippen LogP contribution in [0.4, 0.5) is 5.82 Å². The zero-order valence-electron chi connectivity index (χ0n) is 7.56. The zero-order valence-corrected chi connectivity index (χ0v) is 7.56. The van der Waals surface area contributed by atoms with Gasteiger partial charge in [-0.25, -0.2) is 0 Å². The van der Waals surface area contributed by atoms with Crippen molar-refractivity contribution >= 4 is 11.7 Å². The largest absolute Gasteiger partial charge is 0.337 e. The van der Waals surface area contributed by atoms with Gasteiger partial charge in [-0.1, -0.05) is 0 Å². The van der Waals surface area contributed by atoms with Gasteiger partial charge in [0.1, 0.15) is 5.69 Å². The molecule has 6 nitrogen and oxygen atoms in total. The van der Waals surface area contributed by atoms with Crippen LogP contribution in [0.15, 0.2) is 11.2 Å². The molecule has 2 heterocycles. The van der Waals surface area contributed by atoms with Gasteiger partial charge in [0.2, 0.25) is 5.82 Å². The molecule has 2 rings (SSSR count). The number of nitrogens with zero attached hydrogens (tertiary/aromatic N) is 3. The summed E-state index contributed by atoms with van der Waals surface area (Å²) < 4.78 is 0. The van der Waals surface area contributed by atoms with Gasteiger partial charge < -0.3 is 4.90 Å². The van der Waals surface area contributed by atoms with E-state index in [0.29, 0.717) is 5.69 Å². The van der Waals surface area contributed by atoms with Crippen LogP contribution >= 0.6 is 0 Å². The van der Waals surface area contributed by atoms with E-state index in [-0.39, 0.29) is 11.7 Å². The van der Waals surface area contributed by atoms with Crippen molar-refractivity contribution in [2.45, 2.75) is 12.8 Å². The van der Waals surface area contributed by atoms with Gasteiger partial charge in [0.15, 0.2) is 0 Å². The summed E-state index contributed by atoms with van der Waals surface area (Å²) >= 11 is 0. The monoisotopic (exact) mass is 194 g/mol. The fraction of sp³-hybridized carbons (Fsp3) is 0.500. The number of hydrogen-bond acceptors (Lipinski definition) is 4. The van der Waals surface area contributed by atoms with Crippen molar-refractivity contribution in [2.75, 3.05) is 13.1 Å². The first-order valence-corrected chi connectivity index (χ1v) is 4.49. The number of carbonyl (C=O) groups is 1. The van der Waals surface area contributed by atoms with E-state index in [0.717, 1.165) is 25.9 Å². The first-order valence-electron chi connectivity index (χ1n) is 4.49. The molecule has 1 N–H and O–H groups in total. The molecule has 1 amide bonds. The summed E-state index contributed by atoms with van der Waals surface area (Å²) in [5, 5.41) is 8.71. The summed E-state index contributed by atoms with van der Waals surface area (Å²) in [5.41, 5.74) is 0.335. The van der Waals surface area contributed by atoms with E-state index in [2.05, 4.69) is 15.4 Å². The quantitative estimate of drug-likeness (QED) is 0.714. The van der Waals surface area contributed by atoms with Crippen molar-refractivity contribution in [3.05, 3.63) is 16.7 Å². The minimum absolute atomic E-state index is 0.0209. The van der Waals surface area contributed by atoms with Crippen molar-refractivity contribution in [3.63, 3.8) is 0 Å². The molecule has 74 valence electrons. The van der Waals surface area contributed by atoms with E-state index in [9.17, 15) is 9.70 Å². The Morgan fingerprint density at radius 3 is 2.79 bits per heavy atom. The van der Waals surface area contributed by atoms with Crippen LogP contribution in [0.5, 0.6) is 0 Å². The van der Waals surface area contributed by atoms with Crippen LogP contribution in [-0.2, 0) is 0 Å². The van der Waals surface area contributed by atoms with Crippen LogP contribution < -0.4 is 0 Å². The number of carbonyl (C=O) groups excluding carboxylic acids is 1. The molecule has 14 heavy (non-hydrogen) atoms. The third kappa shape index (κ3) is 1.50. The lowest BCUT2D eigenvalue weighted by Gasteiger charge is -2.12. The highest BCUT2D eigenvalue weighted by Gasteiger charge is 2.21. The summed E-state index contributed by atoms with van der Waals surface area (Å²) in [6, 6.07) is 1.37. The van der Waals surface area contributed by atoms with Crippen LogP contribution in [0, 0.1) is 4.91 Å². The number of aromatic nitrogens is 2. The van der Waals surface area contributed by atoms with Gasteiger partial charge in [-0.3, -0.25) is 9.89 Å². The molecule has 0 aromatic carbocycles. The summed E-state index contributed by atoms with van der Waals surface area (Å²) in [5.74, 6) is -0.0857. The lowest BCUT2D eigenvalue weighted by atomic mass is 10.3. The van der Waals surface area contributed by atoms with Crippen molar-refractivity contribution in [1.82, 2.24) is 15.1 Å². The van der Waals surface area contributed by atoms with Gasteiger partial charge in [0.05, 0.1) is 0 Å². The van der Waals surface area contributed by atoms with Crippen LogP contribution in [-0.4, -0.2) is 34.1 Å². The van der Waals surface area contributed by atoms with E-state index in [1.807, 2.05) is 0 Å². The summed E-state index contributed by atoms with van der Waals surface area (Å²) in [7, 11) is 0. The Morgan fingerprint density at radius 2 is 2.21 bits per heavy atom. The average molecular weight is 194 g/mol.